The van der Waals surface area contributed by atoms with E-state index in [9.17, 15) is 18.0 Å². The maximum atomic E-state index is 13.1. The number of amides is 1. The molecule has 1 aromatic rings. The number of nitrogens with zero attached hydrogens (tertiary/aromatic N) is 1. The first-order chi connectivity index (χ1) is 10.9. The third kappa shape index (κ3) is 3.27. The fourth-order valence-corrected chi connectivity index (χ4v) is 3.73. The molecular weight excluding hydrogens is 305 g/mol. The quantitative estimate of drug-likeness (QED) is 0.869. The number of hydrogen-bond acceptors (Lipinski definition) is 2. The summed E-state index contributed by atoms with van der Waals surface area (Å²) >= 11 is 0. The molecule has 1 unspecified atom stereocenters. The number of primary amides is 1. The number of rotatable bonds is 3. The lowest BCUT2D eigenvalue weighted by molar-refractivity contribution is -0.137. The van der Waals surface area contributed by atoms with Gasteiger partial charge < -0.3 is 10.6 Å². The van der Waals surface area contributed by atoms with Crippen LogP contribution in [0.3, 0.4) is 0 Å². The topological polar surface area (TPSA) is 46.3 Å². The van der Waals surface area contributed by atoms with Crippen molar-refractivity contribution in [3.63, 3.8) is 0 Å². The van der Waals surface area contributed by atoms with Gasteiger partial charge in [-0.05, 0) is 49.6 Å². The molecule has 3 heterocycles. The number of halogens is 3. The minimum atomic E-state index is -4.45. The first-order valence-corrected chi connectivity index (χ1v) is 7.76. The minimum Gasteiger partial charge on any atom is -0.366 e. The number of nitrogens with two attached hydrogens (primary N) is 1. The van der Waals surface area contributed by atoms with Crippen molar-refractivity contribution in [2.24, 2.45) is 17.6 Å². The van der Waals surface area contributed by atoms with Crippen molar-refractivity contribution in [1.82, 2.24) is 4.90 Å². The zero-order chi connectivity index (χ0) is 16.6. The van der Waals surface area contributed by atoms with Crippen LogP contribution in [-0.4, -0.2) is 30.4 Å². The molecule has 4 rings (SSSR count). The van der Waals surface area contributed by atoms with Crippen LogP contribution in [0.1, 0.15) is 24.0 Å². The molecule has 124 valence electrons. The fourth-order valence-electron chi connectivity index (χ4n) is 3.73. The molecule has 1 aromatic carbocycles. The van der Waals surface area contributed by atoms with Gasteiger partial charge in [0.25, 0.3) is 0 Å². The molecule has 3 aliphatic rings. The highest BCUT2D eigenvalue weighted by Crippen LogP contribution is 2.38. The van der Waals surface area contributed by atoms with Crippen molar-refractivity contribution in [2.45, 2.75) is 19.0 Å². The molecule has 23 heavy (non-hydrogen) atoms. The van der Waals surface area contributed by atoms with Gasteiger partial charge in [0, 0.05) is 18.0 Å². The van der Waals surface area contributed by atoms with Crippen LogP contribution in [0.2, 0.25) is 0 Å². The Labute approximate surface area is 133 Å². The van der Waals surface area contributed by atoms with Gasteiger partial charge >= 0.3 is 6.18 Å². The van der Waals surface area contributed by atoms with Crippen molar-refractivity contribution >= 4 is 12.0 Å². The van der Waals surface area contributed by atoms with Gasteiger partial charge in [0.1, 0.15) is 0 Å². The number of benzene rings is 1. The molecular formula is C17H19F3N2O. The van der Waals surface area contributed by atoms with Crippen LogP contribution in [0, 0.1) is 11.8 Å². The van der Waals surface area contributed by atoms with Crippen LogP contribution in [-0.2, 0) is 11.0 Å². The van der Waals surface area contributed by atoms with Gasteiger partial charge in [-0.2, -0.15) is 13.2 Å². The summed E-state index contributed by atoms with van der Waals surface area (Å²) < 4.78 is 39.4. The predicted octanol–water partition coefficient (Wildman–Crippen LogP) is 2.92. The Hall–Kier alpha value is -1.82. The Kier molecular flexibility index (Phi) is 4.19. The number of hydrogen-bond donors (Lipinski definition) is 1. The number of piperidine rings is 3. The van der Waals surface area contributed by atoms with E-state index in [-0.39, 0.29) is 11.5 Å². The van der Waals surface area contributed by atoms with E-state index in [4.69, 9.17) is 5.73 Å². The fraction of sp³-hybridized carbons (Fsp3) is 0.471. The van der Waals surface area contributed by atoms with Crippen LogP contribution in [0.15, 0.2) is 29.8 Å². The van der Waals surface area contributed by atoms with Crippen LogP contribution in [0.5, 0.6) is 0 Å². The Morgan fingerprint density at radius 1 is 1.22 bits per heavy atom. The molecule has 0 aliphatic carbocycles. The monoisotopic (exact) mass is 324 g/mol. The van der Waals surface area contributed by atoms with Gasteiger partial charge in [-0.3, -0.25) is 4.79 Å². The minimum absolute atomic E-state index is 0.00486. The summed E-state index contributed by atoms with van der Waals surface area (Å²) in [6.45, 7) is 2.69. The standard InChI is InChI=1S/C17H19F3N2O/c18-17(19,20)15-4-2-1-3-12(15)9-13(16(21)23)14-10-22-7-5-11(14)6-8-22/h1-4,9,11,14H,5-8,10H2,(H2,21,23)/b13-9+. The molecule has 1 atom stereocenters. The summed E-state index contributed by atoms with van der Waals surface area (Å²) in [5, 5.41) is 0. The van der Waals surface area contributed by atoms with E-state index < -0.39 is 17.6 Å². The maximum absolute atomic E-state index is 13.1. The second-order valence-electron chi connectivity index (χ2n) is 6.29. The molecule has 2 bridgehead atoms. The number of carbonyl (C=O) groups excluding carboxylic acids is 1. The Bertz CT molecular complexity index is 631. The lowest BCUT2D eigenvalue weighted by Crippen LogP contribution is -2.49. The van der Waals surface area contributed by atoms with Gasteiger partial charge in [0.15, 0.2) is 0 Å². The molecule has 3 saturated heterocycles. The Balaban J connectivity index is 1.99. The molecule has 0 aromatic heterocycles. The zero-order valence-electron chi connectivity index (χ0n) is 12.6. The average molecular weight is 324 g/mol. The van der Waals surface area contributed by atoms with E-state index in [1.165, 1.54) is 24.3 Å². The second kappa shape index (κ2) is 6.00. The predicted molar refractivity (Wildman–Crippen MR) is 81.3 cm³/mol. The van der Waals surface area contributed by atoms with Crippen LogP contribution >= 0.6 is 0 Å². The van der Waals surface area contributed by atoms with E-state index in [2.05, 4.69) is 4.90 Å². The third-order valence-corrected chi connectivity index (χ3v) is 4.92. The smallest absolute Gasteiger partial charge is 0.366 e. The number of carbonyl (C=O) groups is 1. The van der Waals surface area contributed by atoms with Crippen LogP contribution < -0.4 is 5.73 Å². The van der Waals surface area contributed by atoms with Crippen molar-refractivity contribution in [2.75, 3.05) is 19.6 Å². The highest BCUT2D eigenvalue weighted by atomic mass is 19.4. The lowest BCUT2D eigenvalue weighted by atomic mass is 9.74. The van der Waals surface area contributed by atoms with Gasteiger partial charge in [-0.25, -0.2) is 0 Å². The third-order valence-electron chi connectivity index (χ3n) is 4.92. The van der Waals surface area contributed by atoms with E-state index in [1.807, 2.05) is 0 Å². The molecule has 3 aliphatic heterocycles. The largest absolute Gasteiger partial charge is 0.416 e. The normalized spacial score (nSPS) is 28.0. The molecule has 0 saturated carbocycles. The van der Waals surface area contributed by atoms with Crippen molar-refractivity contribution < 1.29 is 18.0 Å². The van der Waals surface area contributed by atoms with E-state index >= 15 is 0 Å². The summed E-state index contributed by atoms with van der Waals surface area (Å²) in [5.74, 6) is -0.367. The van der Waals surface area contributed by atoms with Crippen LogP contribution in [0.25, 0.3) is 6.08 Å². The lowest BCUT2D eigenvalue weighted by Gasteiger charge is -2.45. The molecule has 6 heteroatoms. The first kappa shape index (κ1) is 16.1. The summed E-state index contributed by atoms with van der Waals surface area (Å²) in [5.41, 5.74) is 5.08. The van der Waals surface area contributed by atoms with E-state index in [0.717, 1.165) is 32.0 Å². The molecule has 1 amide bonds. The van der Waals surface area contributed by atoms with Crippen LogP contribution in [0.4, 0.5) is 13.2 Å². The summed E-state index contributed by atoms with van der Waals surface area (Å²) in [6.07, 6.45) is -1.17. The first-order valence-electron chi connectivity index (χ1n) is 7.76. The van der Waals surface area contributed by atoms with Gasteiger partial charge in [-0.1, -0.05) is 18.2 Å². The highest BCUT2D eigenvalue weighted by Gasteiger charge is 2.38. The summed E-state index contributed by atoms with van der Waals surface area (Å²) in [6, 6.07) is 5.29. The number of fused-ring (bicyclic) bond motifs is 3. The second-order valence-corrected chi connectivity index (χ2v) is 6.29. The van der Waals surface area contributed by atoms with Gasteiger partial charge in [-0.15, -0.1) is 0 Å². The van der Waals surface area contributed by atoms with Crippen molar-refractivity contribution in [3.8, 4) is 0 Å². The highest BCUT2D eigenvalue weighted by molar-refractivity contribution is 5.97. The average Bonchev–Trinajstić information content (AvgIpc) is 2.53. The SMILES string of the molecule is NC(=O)/C(=C/c1ccccc1C(F)(F)F)C1CN2CCC1CC2. The van der Waals surface area contributed by atoms with E-state index in [0.29, 0.717) is 18.0 Å². The number of alkyl halides is 3. The van der Waals surface area contributed by atoms with Crippen molar-refractivity contribution in [3.05, 3.63) is 41.0 Å². The summed E-state index contributed by atoms with van der Waals surface area (Å²) in [7, 11) is 0. The maximum Gasteiger partial charge on any atom is 0.416 e. The van der Waals surface area contributed by atoms with Crippen molar-refractivity contribution in [1.29, 1.82) is 0 Å². The molecule has 3 fully saturated rings. The van der Waals surface area contributed by atoms with Gasteiger partial charge in [0.2, 0.25) is 5.91 Å². The molecule has 0 radical (unpaired) electrons. The molecule has 2 N–H and O–H groups in total. The summed E-state index contributed by atoms with van der Waals surface area (Å²) in [4.78, 5) is 14.1. The molecule has 3 nitrogen and oxygen atoms in total. The van der Waals surface area contributed by atoms with Gasteiger partial charge in [0.05, 0.1) is 5.56 Å². The Morgan fingerprint density at radius 2 is 1.87 bits per heavy atom. The Morgan fingerprint density at radius 3 is 2.39 bits per heavy atom. The zero-order valence-corrected chi connectivity index (χ0v) is 12.6. The van der Waals surface area contributed by atoms with E-state index in [1.54, 1.807) is 0 Å². The molecule has 0 spiro atoms.